The molecule has 2 aromatic rings. The van der Waals surface area contributed by atoms with Crippen LogP contribution in [0.1, 0.15) is 41.8 Å². The van der Waals surface area contributed by atoms with Crippen LogP contribution in [0.25, 0.3) is 0 Å². The monoisotopic (exact) mass is 339 g/mol. The molecule has 132 valence electrons. The highest BCUT2D eigenvalue weighted by Gasteiger charge is 2.23. The zero-order chi connectivity index (χ0) is 18.4. The minimum absolute atomic E-state index is 0.240. The van der Waals surface area contributed by atoms with Gasteiger partial charge in [0.05, 0.1) is 0 Å². The van der Waals surface area contributed by atoms with E-state index in [4.69, 9.17) is 0 Å². The first-order valence-electron chi connectivity index (χ1n) is 8.47. The van der Waals surface area contributed by atoms with E-state index in [0.29, 0.717) is 17.8 Å². The summed E-state index contributed by atoms with van der Waals surface area (Å²) in [5, 5.41) is 5.66. The van der Waals surface area contributed by atoms with Crippen LogP contribution in [0.5, 0.6) is 0 Å². The summed E-state index contributed by atoms with van der Waals surface area (Å²) >= 11 is 0. The molecule has 5 heteroatoms. The van der Waals surface area contributed by atoms with Crippen molar-refractivity contribution in [3.63, 3.8) is 0 Å². The van der Waals surface area contributed by atoms with Crippen LogP contribution in [0, 0.1) is 19.8 Å². The lowest BCUT2D eigenvalue weighted by Gasteiger charge is -2.20. The fourth-order valence-electron chi connectivity index (χ4n) is 2.58. The second-order valence-electron chi connectivity index (χ2n) is 6.68. The number of aromatic nitrogens is 1. The number of aryl methyl sites for hydroxylation is 2. The van der Waals surface area contributed by atoms with Crippen molar-refractivity contribution in [1.29, 1.82) is 0 Å². The Balaban J connectivity index is 2.13. The van der Waals surface area contributed by atoms with Crippen LogP contribution in [0.2, 0.25) is 0 Å². The summed E-state index contributed by atoms with van der Waals surface area (Å²) in [6.45, 7) is 7.85. The van der Waals surface area contributed by atoms with Gasteiger partial charge in [0.1, 0.15) is 11.9 Å². The van der Waals surface area contributed by atoms with Crippen molar-refractivity contribution < 1.29 is 9.59 Å². The molecule has 2 amide bonds. The number of carbonyl (C=O) groups is 2. The Bertz CT molecular complexity index is 756. The summed E-state index contributed by atoms with van der Waals surface area (Å²) < 4.78 is 0. The van der Waals surface area contributed by atoms with Gasteiger partial charge in [-0.3, -0.25) is 9.59 Å². The average Bonchev–Trinajstić information content (AvgIpc) is 2.54. The molecule has 1 aromatic carbocycles. The summed E-state index contributed by atoms with van der Waals surface area (Å²) in [4.78, 5) is 29.4. The van der Waals surface area contributed by atoms with Gasteiger partial charge in [-0.1, -0.05) is 32.0 Å². The van der Waals surface area contributed by atoms with Crippen molar-refractivity contribution in [2.75, 3.05) is 5.32 Å². The van der Waals surface area contributed by atoms with E-state index in [1.807, 2.05) is 52.0 Å². The Hall–Kier alpha value is -2.69. The molecule has 0 bridgehead atoms. The molecular weight excluding hydrogens is 314 g/mol. The molecule has 0 aliphatic carbocycles. The fraction of sp³-hybridized carbons (Fsp3) is 0.350. The van der Waals surface area contributed by atoms with Crippen LogP contribution >= 0.6 is 0 Å². The van der Waals surface area contributed by atoms with Gasteiger partial charge < -0.3 is 10.6 Å². The van der Waals surface area contributed by atoms with Crippen molar-refractivity contribution in [1.82, 2.24) is 10.3 Å². The van der Waals surface area contributed by atoms with Crippen molar-refractivity contribution in [3.05, 3.63) is 59.3 Å². The van der Waals surface area contributed by atoms with Gasteiger partial charge in [0.25, 0.3) is 5.91 Å². The van der Waals surface area contributed by atoms with E-state index in [-0.39, 0.29) is 17.7 Å². The van der Waals surface area contributed by atoms with Crippen LogP contribution in [0.4, 0.5) is 5.82 Å². The van der Waals surface area contributed by atoms with Crippen molar-refractivity contribution in [3.8, 4) is 0 Å². The maximum absolute atomic E-state index is 12.6. The highest BCUT2D eigenvalue weighted by molar-refractivity contribution is 6.01. The van der Waals surface area contributed by atoms with Gasteiger partial charge in [-0.25, -0.2) is 4.98 Å². The number of nitrogens with one attached hydrogen (secondary N) is 2. The second-order valence-corrected chi connectivity index (χ2v) is 6.68. The van der Waals surface area contributed by atoms with Crippen LogP contribution in [-0.2, 0) is 4.79 Å². The molecule has 1 aromatic heterocycles. The summed E-state index contributed by atoms with van der Waals surface area (Å²) in [7, 11) is 0. The number of nitrogens with zero attached hydrogens (tertiary/aromatic N) is 1. The molecule has 5 nitrogen and oxygen atoms in total. The number of hydrogen-bond donors (Lipinski definition) is 2. The molecule has 0 spiro atoms. The lowest BCUT2D eigenvalue weighted by Crippen LogP contribution is -2.44. The third-order valence-electron chi connectivity index (χ3n) is 3.89. The van der Waals surface area contributed by atoms with Gasteiger partial charge in [-0.15, -0.1) is 0 Å². The molecule has 0 saturated carbocycles. The SMILES string of the molecule is Cc1ccnc(NC(=O)[C@@H](CC(C)C)NC(=O)c2ccccc2C)c1. The number of anilines is 1. The van der Waals surface area contributed by atoms with E-state index in [1.54, 1.807) is 18.3 Å². The number of rotatable bonds is 6. The van der Waals surface area contributed by atoms with Gasteiger partial charge in [-0.2, -0.15) is 0 Å². The van der Waals surface area contributed by atoms with Gasteiger partial charge in [-0.05, 0) is 55.5 Å². The van der Waals surface area contributed by atoms with Crippen LogP contribution < -0.4 is 10.6 Å². The number of amides is 2. The molecule has 0 fully saturated rings. The average molecular weight is 339 g/mol. The molecule has 0 aliphatic rings. The first-order chi connectivity index (χ1) is 11.9. The van der Waals surface area contributed by atoms with Crippen molar-refractivity contribution in [2.45, 2.75) is 40.2 Å². The van der Waals surface area contributed by atoms with Gasteiger partial charge in [0.15, 0.2) is 0 Å². The Morgan fingerprint density at radius 3 is 2.48 bits per heavy atom. The van der Waals surface area contributed by atoms with E-state index in [1.165, 1.54) is 0 Å². The first-order valence-corrected chi connectivity index (χ1v) is 8.47. The molecule has 25 heavy (non-hydrogen) atoms. The Morgan fingerprint density at radius 2 is 1.84 bits per heavy atom. The highest BCUT2D eigenvalue weighted by Crippen LogP contribution is 2.12. The third kappa shape index (κ3) is 5.41. The van der Waals surface area contributed by atoms with Gasteiger partial charge in [0.2, 0.25) is 5.91 Å². The fourth-order valence-corrected chi connectivity index (χ4v) is 2.58. The quantitative estimate of drug-likeness (QED) is 0.846. The largest absolute Gasteiger partial charge is 0.340 e. The summed E-state index contributed by atoms with van der Waals surface area (Å²) in [6, 6.07) is 10.4. The van der Waals surface area contributed by atoms with Crippen LogP contribution in [0.3, 0.4) is 0 Å². The van der Waals surface area contributed by atoms with Gasteiger partial charge in [0, 0.05) is 11.8 Å². The molecule has 2 rings (SSSR count). The number of benzene rings is 1. The summed E-state index contributed by atoms with van der Waals surface area (Å²) in [5.41, 5.74) is 2.47. The second kappa shape index (κ2) is 8.42. The lowest BCUT2D eigenvalue weighted by molar-refractivity contribution is -0.118. The van der Waals surface area contributed by atoms with E-state index >= 15 is 0 Å². The first kappa shape index (κ1) is 18.6. The molecule has 0 radical (unpaired) electrons. The van der Waals surface area contributed by atoms with E-state index in [2.05, 4.69) is 15.6 Å². The maximum atomic E-state index is 12.6. The minimum atomic E-state index is -0.616. The van der Waals surface area contributed by atoms with E-state index < -0.39 is 6.04 Å². The molecule has 2 N–H and O–H groups in total. The highest BCUT2D eigenvalue weighted by atomic mass is 16.2. The zero-order valence-corrected chi connectivity index (χ0v) is 15.2. The van der Waals surface area contributed by atoms with E-state index in [0.717, 1.165) is 11.1 Å². The molecule has 0 saturated heterocycles. The van der Waals surface area contributed by atoms with Gasteiger partial charge >= 0.3 is 0 Å². The smallest absolute Gasteiger partial charge is 0.252 e. The number of hydrogen-bond acceptors (Lipinski definition) is 3. The third-order valence-corrected chi connectivity index (χ3v) is 3.89. The Labute approximate surface area is 148 Å². The standard InChI is InChI=1S/C20H25N3O2/c1-13(2)11-17(20(25)23-18-12-14(3)9-10-21-18)22-19(24)16-8-6-5-7-15(16)4/h5-10,12-13,17H,11H2,1-4H3,(H,22,24)(H,21,23,25)/t17-/m1/s1. The molecule has 1 atom stereocenters. The molecular formula is C20H25N3O2. The topological polar surface area (TPSA) is 71.1 Å². The Morgan fingerprint density at radius 1 is 1.12 bits per heavy atom. The predicted octanol–water partition coefficient (Wildman–Crippen LogP) is 3.48. The molecule has 1 heterocycles. The normalized spacial score (nSPS) is 11.9. The zero-order valence-electron chi connectivity index (χ0n) is 15.2. The lowest BCUT2D eigenvalue weighted by atomic mass is 10.0. The van der Waals surface area contributed by atoms with Crippen LogP contribution in [0.15, 0.2) is 42.6 Å². The van der Waals surface area contributed by atoms with E-state index in [9.17, 15) is 9.59 Å². The Kier molecular flexibility index (Phi) is 6.28. The number of pyridine rings is 1. The minimum Gasteiger partial charge on any atom is -0.340 e. The summed E-state index contributed by atoms with van der Waals surface area (Å²) in [6.07, 6.45) is 2.20. The predicted molar refractivity (Wildman–Crippen MR) is 99.5 cm³/mol. The maximum Gasteiger partial charge on any atom is 0.252 e. The molecule has 0 aliphatic heterocycles. The van der Waals surface area contributed by atoms with Crippen molar-refractivity contribution in [2.24, 2.45) is 5.92 Å². The van der Waals surface area contributed by atoms with Crippen LogP contribution in [-0.4, -0.2) is 22.8 Å². The summed E-state index contributed by atoms with van der Waals surface area (Å²) in [5.74, 6) is 0.257. The van der Waals surface area contributed by atoms with Crippen molar-refractivity contribution >= 4 is 17.6 Å². The number of carbonyl (C=O) groups excluding carboxylic acids is 2. The molecule has 0 unspecified atom stereocenters.